The molecule has 0 radical (unpaired) electrons. The highest BCUT2D eigenvalue weighted by Crippen LogP contribution is 2.23. The van der Waals surface area contributed by atoms with Gasteiger partial charge in [-0.05, 0) is 52.6 Å². The zero-order valence-electron chi connectivity index (χ0n) is 9.51. The van der Waals surface area contributed by atoms with E-state index in [-0.39, 0.29) is 6.10 Å². The van der Waals surface area contributed by atoms with Crippen molar-refractivity contribution in [3.05, 3.63) is 69.3 Å². The molecule has 17 heavy (non-hydrogen) atoms. The summed E-state index contributed by atoms with van der Waals surface area (Å²) in [4.78, 5) is 0. The van der Waals surface area contributed by atoms with Crippen molar-refractivity contribution in [1.29, 1.82) is 0 Å². The van der Waals surface area contributed by atoms with Crippen LogP contribution in [0.3, 0.4) is 0 Å². The summed E-state index contributed by atoms with van der Waals surface area (Å²) in [6, 6.07) is 18.3. The van der Waals surface area contributed by atoms with Gasteiger partial charge in [-0.2, -0.15) is 0 Å². The van der Waals surface area contributed by atoms with E-state index < -0.39 is 0 Å². The van der Waals surface area contributed by atoms with E-state index in [9.17, 15) is 5.11 Å². The van der Waals surface area contributed by atoms with Gasteiger partial charge in [0, 0.05) is 3.57 Å². The fourth-order valence-corrected chi connectivity index (χ4v) is 2.60. The van der Waals surface area contributed by atoms with Crippen molar-refractivity contribution in [3.63, 3.8) is 0 Å². The molecule has 0 fully saturated rings. The van der Waals surface area contributed by atoms with E-state index in [1.807, 2.05) is 42.5 Å². The lowest BCUT2D eigenvalue weighted by atomic mass is 10.0. The van der Waals surface area contributed by atoms with Crippen LogP contribution < -0.4 is 0 Å². The van der Waals surface area contributed by atoms with Crippen LogP contribution in [0.25, 0.3) is 0 Å². The van der Waals surface area contributed by atoms with E-state index in [1.165, 1.54) is 5.56 Å². The zero-order valence-corrected chi connectivity index (χ0v) is 11.7. The van der Waals surface area contributed by atoms with Crippen molar-refractivity contribution in [3.8, 4) is 0 Å². The molecule has 0 saturated heterocycles. The Labute approximate surface area is 116 Å². The molecule has 2 aromatic carbocycles. The first-order valence-corrected chi connectivity index (χ1v) is 6.81. The summed E-state index contributed by atoms with van der Waals surface area (Å²) in [6.45, 7) is 0. The molecule has 1 N–H and O–H groups in total. The van der Waals surface area contributed by atoms with Crippen LogP contribution in [0, 0.1) is 3.57 Å². The van der Waals surface area contributed by atoms with Gasteiger partial charge in [-0.1, -0.05) is 48.5 Å². The Kier molecular flexibility index (Phi) is 4.57. The minimum absolute atomic E-state index is 0.372. The first-order chi connectivity index (χ1) is 8.27. The number of halogens is 1. The third kappa shape index (κ3) is 3.54. The molecule has 2 heteroatoms. The molecule has 1 atom stereocenters. The lowest BCUT2D eigenvalue weighted by molar-refractivity contribution is 0.167. The molecule has 0 amide bonds. The molecular weight excluding hydrogens is 323 g/mol. The van der Waals surface area contributed by atoms with E-state index in [2.05, 4.69) is 34.7 Å². The Morgan fingerprint density at radius 1 is 0.941 bits per heavy atom. The van der Waals surface area contributed by atoms with Gasteiger partial charge in [0.2, 0.25) is 0 Å². The maximum atomic E-state index is 10.2. The lowest BCUT2D eigenvalue weighted by Gasteiger charge is -2.12. The monoisotopic (exact) mass is 338 g/mol. The maximum Gasteiger partial charge on any atom is 0.0803 e. The highest BCUT2D eigenvalue weighted by Gasteiger charge is 2.10. The van der Waals surface area contributed by atoms with Crippen LogP contribution in [0.15, 0.2) is 54.6 Å². The minimum Gasteiger partial charge on any atom is -0.388 e. The van der Waals surface area contributed by atoms with Crippen LogP contribution >= 0.6 is 22.6 Å². The van der Waals surface area contributed by atoms with Crippen molar-refractivity contribution >= 4 is 22.6 Å². The fraction of sp³-hybridized carbons (Fsp3) is 0.200. The maximum absolute atomic E-state index is 10.2. The molecule has 88 valence electrons. The Hall–Kier alpha value is -0.870. The topological polar surface area (TPSA) is 20.2 Å². The molecule has 0 aliphatic carbocycles. The third-order valence-electron chi connectivity index (χ3n) is 2.81. The van der Waals surface area contributed by atoms with Gasteiger partial charge < -0.3 is 5.11 Å². The summed E-state index contributed by atoms with van der Waals surface area (Å²) < 4.78 is 1.13. The van der Waals surface area contributed by atoms with Crippen molar-refractivity contribution < 1.29 is 5.11 Å². The molecule has 0 aromatic heterocycles. The molecule has 0 aliphatic rings. The number of aliphatic hydroxyl groups is 1. The molecule has 1 nitrogen and oxygen atoms in total. The molecule has 2 aromatic rings. The second kappa shape index (κ2) is 6.17. The molecule has 0 heterocycles. The number of hydrogen-bond acceptors (Lipinski definition) is 1. The largest absolute Gasteiger partial charge is 0.388 e. The van der Waals surface area contributed by atoms with E-state index in [0.717, 1.165) is 22.0 Å². The fourth-order valence-electron chi connectivity index (χ4n) is 1.85. The first-order valence-electron chi connectivity index (χ1n) is 5.74. The van der Waals surface area contributed by atoms with Crippen molar-refractivity contribution in [2.45, 2.75) is 18.9 Å². The van der Waals surface area contributed by atoms with Gasteiger partial charge in [0.15, 0.2) is 0 Å². The van der Waals surface area contributed by atoms with Crippen LogP contribution in [0.1, 0.15) is 23.7 Å². The smallest absolute Gasteiger partial charge is 0.0803 e. The molecule has 1 unspecified atom stereocenters. The summed E-state index contributed by atoms with van der Waals surface area (Å²) in [5, 5.41) is 10.2. The predicted octanol–water partition coefficient (Wildman–Crippen LogP) is 3.96. The van der Waals surface area contributed by atoms with Gasteiger partial charge in [-0.3, -0.25) is 0 Å². The van der Waals surface area contributed by atoms with Crippen LogP contribution in [0.4, 0.5) is 0 Å². The molecular formula is C15H15IO. The minimum atomic E-state index is -0.372. The van der Waals surface area contributed by atoms with Crippen molar-refractivity contribution in [1.82, 2.24) is 0 Å². The third-order valence-corrected chi connectivity index (χ3v) is 3.80. The molecule has 0 saturated carbocycles. The van der Waals surface area contributed by atoms with Crippen LogP contribution in [0.5, 0.6) is 0 Å². The summed E-state index contributed by atoms with van der Waals surface area (Å²) in [5.41, 5.74) is 2.31. The summed E-state index contributed by atoms with van der Waals surface area (Å²) in [6.07, 6.45) is 1.31. The molecule has 0 aliphatic heterocycles. The average Bonchev–Trinajstić information content (AvgIpc) is 2.38. The Morgan fingerprint density at radius 3 is 2.29 bits per heavy atom. The van der Waals surface area contributed by atoms with Crippen LogP contribution in [-0.4, -0.2) is 5.11 Å². The van der Waals surface area contributed by atoms with Crippen LogP contribution in [0.2, 0.25) is 0 Å². The van der Waals surface area contributed by atoms with Gasteiger partial charge in [-0.15, -0.1) is 0 Å². The summed E-state index contributed by atoms with van der Waals surface area (Å²) in [5.74, 6) is 0. The Morgan fingerprint density at radius 2 is 1.59 bits per heavy atom. The molecule has 2 rings (SSSR count). The van der Waals surface area contributed by atoms with Gasteiger partial charge in [0.05, 0.1) is 6.10 Å². The van der Waals surface area contributed by atoms with Crippen LogP contribution in [-0.2, 0) is 6.42 Å². The second-order valence-corrected chi connectivity index (χ2v) is 5.22. The molecule has 0 spiro atoms. The summed E-state index contributed by atoms with van der Waals surface area (Å²) >= 11 is 2.27. The summed E-state index contributed by atoms with van der Waals surface area (Å²) in [7, 11) is 0. The van der Waals surface area contributed by atoms with E-state index >= 15 is 0 Å². The van der Waals surface area contributed by atoms with Gasteiger partial charge in [-0.25, -0.2) is 0 Å². The number of rotatable bonds is 4. The number of aryl methyl sites for hydroxylation is 1. The predicted molar refractivity (Wildman–Crippen MR) is 78.9 cm³/mol. The van der Waals surface area contributed by atoms with E-state index in [0.29, 0.717) is 0 Å². The highest BCUT2D eigenvalue weighted by molar-refractivity contribution is 14.1. The first kappa shape index (κ1) is 12.6. The highest BCUT2D eigenvalue weighted by atomic mass is 127. The molecule has 0 bridgehead atoms. The van der Waals surface area contributed by atoms with Gasteiger partial charge in [0.25, 0.3) is 0 Å². The SMILES string of the molecule is OC(CCc1ccccc1)c1ccccc1I. The normalized spacial score (nSPS) is 12.4. The number of aliphatic hydroxyl groups excluding tert-OH is 1. The van der Waals surface area contributed by atoms with Gasteiger partial charge in [0.1, 0.15) is 0 Å². The number of benzene rings is 2. The lowest BCUT2D eigenvalue weighted by Crippen LogP contribution is -2.01. The Bertz CT molecular complexity index is 467. The average molecular weight is 338 g/mol. The quantitative estimate of drug-likeness (QED) is 0.837. The Balaban J connectivity index is 1.99. The second-order valence-electron chi connectivity index (χ2n) is 4.06. The van der Waals surface area contributed by atoms with Crippen molar-refractivity contribution in [2.24, 2.45) is 0 Å². The standard InChI is InChI=1S/C15H15IO/c16-14-9-5-4-8-13(14)15(17)11-10-12-6-2-1-3-7-12/h1-9,15,17H,10-11H2. The van der Waals surface area contributed by atoms with E-state index in [1.54, 1.807) is 0 Å². The zero-order chi connectivity index (χ0) is 12.1. The van der Waals surface area contributed by atoms with Crippen molar-refractivity contribution in [2.75, 3.05) is 0 Å². The number of hydrogen-bond donors (Lipinski definition) is 1. The van der Waals surface area contributed by atoms with Gasteiger partial charge >= 0.3 is 0 Å². The van der Waals surface area contributed by atoms with E-state index in [4.69, 9.17) is 0 Å².